The standard InChI is InChI=1S/C18H22N2S/c1-13(20-10-4-5-11-20)18-15(8-9-19-18)17-12-14-6-2-3-7-16(14)21-17/h2-3,6-7,12,15,18-19H,1,4-5,8-11H2. The molecule has 2 unspecified atom stereocenters. The second-order valence-electron chi connectivity index (χ2n) is 6.20. The van der Waals surface area contributed by atoms with Crippen LogP contribution in [0.25, 0.3) is 10.1 Å². The average molecular weight is 298 g/mol. The van der Waals surface area contributed by atoms with Crippen molar-refractivity contribution in [3.8, 4) is 0 Å². The number of fused-ring (bicyclic) bond motifs is 1. The number of nitrogens with zero attached hydrogens (tertiary/aromatic N) is 1. The van der Waals surface area contributed by atoms with Gasteiger partial charge in [0.1, 0.15) is 0 Å². The molecule has 2 aromatic rings. The fourth-order valence-electron chi connectivity index (χ4n) is 3.75. The van der Waals surface area contributed by atoms with E-state index in [9.17, 15) is 0 Å². The average Bonchev–Trinajstić information content (AvgIpc) is 3.24. The smallest absolute Gasteiger partial charge is 0.0543 e. The molecule has 21 heavy (non-hydrogen) atoms. The number of thiophene rings is 1. The molecule has 2 aliphatic heterocycles. The van der Waals surface area contributed by atoms with E-state index in [-0.39, 0.29) is 0 Å². The quantitative estimate of drug-likeness (QED) is 0.923. The van der Waals surface area contributed by atoms with Gasteiger partial charge in [-0.3, -0.25) is 0 Å². The predicted molar refractivity (Wildman–Crippen MR) is 90.9 cm³/mol. The topological polar surface area (TPSA) is 15.3 Å². The van der Waals surface area contributed by atoms with E-state index in [4.69, 9.17) is 0 Å². The molecule has 2 saturated heterocycles. The fourth-order valence-corrected chi connectivity index (χ4v) is 4.98. The third-order valence-electron chi connectivity index (χ3n) is 4.90. The fraction of sp³-hybridized carbons (Fsp3) is 0.444. The lowest BCUT2D eigenvalue weighted by Gasteiger charge is -2.29. The molecule has 4 rings (SSSR count). The molecule has 0 amide bonds. The summed E-state index contributed by atoms with van der Waals surface area (Å²) in [7, 11) is 0. The van der Waals surface area contributed by atoms with Gasteiger partial charge in [-0.1, -0.05) is 24.8 Å². The van der Waals surface area contributed by atoms with Crippen molar-refractivity contribution in [2.45, 2.75) is 31.2 Å². The molecule has 0 spiro atoms. The van der Waals surface area contributed by atoms with Gasteiger partial charge in [0, 0.05) is 34.3 Å². The van der Waals surface area contributed by atoms with E-state index in [0.717, 1.165) is 6.54 Å². The largest absolute Gasteiger partial charge is 0.374 e. The molecule has 0 aliphatic carbocycles. The second kappa shape index (κ2) is 5.47. The molecule has 110 valence electrons. The second-order valence-corrected chi connectivity index (χ2v) is 7.31. The van der Waals surface area contributed by atoms with E-state index in [1.54, 1.807) is 0 Å². The predicted octanol–water partition coefficient (Wildman–Crippen LogP) is 3.96. The van der Waals surface area contributed by atoms with Gasteiger partial charge in [-0.2, -0.15) is 0 Å². The van der Waals surface area contributed by atoms with Crippen LogP contribution in [0.4, 0.5) is 0 Å². The monoisotopic (exact) mass is 298 g/mol. The summed E-state index contributed by atoms with van der Waals surface area (Å²) >= 11 is 1.96. The van der Waals surface area contributed by atoms with Crippen LogP contribution >= 0.6 is 11.3 Å². The number of hydrogen-bond donors (Lipinski definition) is 1. The van der Waals surface area contributed by atoms with Crippen LogP contribution < -0.4 is 5.32 Å². The van der Waals surface area contributed by atoms with Gasteiger partial charge in [-0.05, 0) is 43.3 Å². The third kappa shape index (κ3) is 2.39. The van der Waals surface area contributed by atoms with E-state index in [1.165, 1.54) is 53.0 Å². The number of nitrogens with one attached hydrogen (secondary N) is 1. The van der Waals surface area contributed by atoms with Crippen LogP contribution in [0.5, 0.6) is 0 Å². The van der Waals surface area contributed by atoms with Crippen LogP contribution in [0.2, 0.25) is 0 Å². The minimum absolute atomic E-state index is 0.427. The molecular formula is C18H22N2S. The van der Waals surface area contributed by atoms with Crippen molar-refractivity contribution in [3.63, 3.8) is 0 Å². The van der Waals surface area contributed by atoms with Crippen molar-refractivity contribution < 1.29 is 0 Å². The number of rotatable bonds is 3. The SMILES string of the molecule is C=C(C1NCCC1c1cc2ccccc2s1)N1CCCC1. The summed E-state index contributed by atoms with van der Waals surface area (Å²) in [5.41, 5.74) is 1.31. The first-order valence-corrected chi connectivity index (χ1v) is 8.80. The highest BCUT2D eigenvalue weighted by Gasteiger charge is 2.33. The van der Waals surface area contributed by atoms with Crippen molar-refractivity contribution in [2.24, 2.45) is 0 Å². The van der Waals surface area contributed by atoms with Crippen LogP contribution in [0, 0.1) is 0 Å². The summed E-state index contributed by atoms with van der Waals surface area (Å²) in [6.45, 7) is 7.91. The van der Waals surface area contributed by atoms with Crippen LogP contribution in [0.15, 0.2) is 42.6 Å². The maximum Gasteiger partial charge on any atom is 0.0543 e. The molecule has 2 aliphatic rings. The van der Waals surface area contributed by atoms with Crippen molar-refractivity contribution in [3.05, 3.63) is 47.5 Å². The van der Waals surface area contributed by atoms with E-state index in [2.05, 4.69) is 47.1 Å². The van der Waals surface area contributed by atoms with Gasteiger partial charge in [-0.25, -0.2) is 0 Å². The lowest BCUT2D eigenvalue weighted by Crippen LogP contribution is -2.35. The van der Waals surface area contributed by atoms with Crippen molar-refractivity contribution in [2.75, 3.05) is 19.6 Å². The van der Waals surface area contributed by atoms with Crippen LogP contribution in [0.3, 0.4) is 0 Å². The number of likely N-dealkylation sites (tertiary alicyclic amines) is 1. The summed E-state index contributed by atoms with van der Waals surface area (Å²) in [6, 6.07) is 11.5. The normalized spacial score (nSPS) is 25.8. The van der Waals surface area contributed by atoms with E-state index in [0.29, 0.717) is 12.0 Å². The maximum atomic E-state index is 4.42. The minimum Gasteiger partial charge on any atom is -0.374 e. The first kappa shape index (κ1) is 13.4. The zero-order chi connectivity index (χ0) is 14.2. The van der Waals surface area contributed by atoms with Gasteiger partial charge in [0.05, 0.1) is 6.04 Å². The molecule has 2 fully saturated rings. The molecule has 0 radical (unpaired) electrons. The Morgan fingerprint density at radius 3 is 2.86 bits per heavy atom. The Morgan fingerprint density at radius 2 is 2.05 bits per heavy atom. The maximum absolute atomic E-state index is 4.42. The van der Waals surface area contributed by atoms with E-state index >= 15 is 0 Å². The zero-order valence-electron chi connectivity index (χ0n) is 12.3. The Bertz CT molecular complexity index is 621. The van der Waals surface area contributed by atoms with Crippen molar-refractivity contribution in [1.29, 1.82) is 0 Å². The Hall–Kier alpha value is -1.32. The summed E-state index contributed by atoms with van der Waals surface area (Å²) < 4.78 is 1.41. The molecule has 2 nitrogen and oxygen atoms in total. The molecule has 3 heteroatoms. The van der Waals surface area contributed by atoms with Gasteiger partial charge in [0.25, 0.3) is 0 Å². The first-order valence-electron chi connectivity index (χ1n) is 7.98. The minimum atomic E-state index is 0.427. The molecule has 3 heterocycles. The Labute approximate surface area is 130 Å². The number of hydrogen-bond acceptors (Lipinski definition) is 3. The van der Waals surface area contributed by atoms with Gasteiger partial charge in [0.15, 0.2) is 0 Å². The highest BCUT2D eigenvalue weighted by Crippen LogP contribution is 2.39. The summed E-state index contributed by atoms with van der Waals surface area (Å²) in [4.78, 5) is 4.01. The molecule has 1 aromatic heterocycles. The van der Waals surface area contributed by atoms with Crippen LogP contribution in [-0.2, 0) is 0 Å². The lowest BCUT2D eigenvalue weighted by molar-refractivity contribution is 0.374. The zero-order valence-corrected chi connectivity index (χ0v) is 13.2. The van der Waals surface area contributed by atoms with E-state index in [1.807, 2.05) is 11.3 Å². The Kier molecular flexibility index (Phi) is 3.48. The molecular weight excluding hydrogens is 276 g/mol. The van der Waals surface area contributed by atoms with Crippen LogP contribution in [0.1, 0.15) is 30.1 Å². The summed E-state index contributed by atoms with van der Waals surface area (Å²) in [5, 5.41) is 5.08. The van der Waals surface area contributed by atoms with Gasteiger partial charge in [0.2, 0.25) is 0 Å². The molecule has 2 atom stereocenters. The lowest BCUT2D eigenvalue weighted by atomic mass is 9.96. The van der Waals surface area contributed by atoms with Gasteiger partial charge >= 0.3 is 0 Å². The van der Waals surface area contributed by atoms with Crippen molar-refractivity contribution in [1.82, 2.24) is 10.2 Å². The van der Waals surface area contributed by atoms with E-state index < -0.39 is 0 Å². The van der Waals surface area contributed by atoms with Gasteiger partial charge < -0.3 is 10.2 Å². The highest BCUT2D eigenvalue weighted by atomic mass is 32.1. The van der Waals surface area contributed by atoms with Gasteiger partial charge in [-0.15, -0.1) is 11.3 Å². The first-order chi connectivity index (χ1) is 10.3. The summed E-state index contributed by atoms with van der Waals surface area (Å²) in [6.07, 6.45) is 3.86. The van der Waals surface area contributed by atoms with Crippen LogP contribution in [-0.4, -0.2) is 30.6 Å². The molecule has 0 saturated carbocycles. The highest BCUT2D eigenvalue weighted by molar-refractivity contribution is 7.19. The molecule has 0 bridgehead atoms. The van der Waals surface area contributed by atoms with Crippen molar-refractivity contribution >= 4 is 21.4 Å². The number of benzene rings is 1. The molecule has 1 N–H and O–H groups in total. The Morgan fingerprint density at radius 1 is 1.24 bits per heavy atom. The summed E-state index contributed by atoms with van der Waals surface area (Å²) in [5.74, 6) is 0.593. The third-order valence-corrected chi connectivity index (χ3v) is 6.15. The molecule has 1 aromatic carbocycles. The Balaban J connectivity index is 1.62.